The Morgan fingerprint density at radius 3 is 2.41 bits per heavy atom. The van der Waals surface area contributed by atoms with Gasteiger partial charge in [0, 0.05) is 18.8 Å². The van der Waals surface area contributed by atoms with Gasteiger partial charge >= 0.3 is 5.97 Å². The smallest absolute Gasteiger partial charge is 0.326 e. The van der Waals surface area contributed by atoms with E-state index >= 15 is 0 Å². The number of likely N-dealkylation sites (tertiary alicyclic amines) is 1. The fourth-order valence-electron chi connectivity index (χ4n) is 3.39. The molecule has 0 saturated carbocycles. The van der Waals surface area contributed by atoms with Crippen LogP contribution in [0, 0.1) is 5.92 Å². The van der Waals surface area contributed by atoms with Crippen LogP contribution in [0.1, 0.15) is 39.5 Å². The maximum absolute atomic E-state index is 13.3. The molecule has 1 heterocycles. The van der Waals surface area contributed by atoms with Crippen LogP contribution in [0.15, 0.2) is 4.99 Å². The zero-order valence-electron chi connectivity index (χ0n) is 18.5. The minimum absolute atomic E-state index is 0.0802. The van der Waals surface area contributed by atoms with E-state index in [0.717, 1.165) is 0 Å². The summed E-state index contributed by atoms with van der Waals surface area (Å²) in [5.41, 5.74) is 16.3. The SMILES string of the molecule is CC(C)C(NC(=O)C1CCCN1C(=O)C(CCCN=C(N)N)NC(=O)C(N)CS)C(=O)O. The molecule has 32 heavy (non-hydrogen) atoms. The summed E-state index contributed by atoms with van der Waals surface area (Å²) in [4.78, 5) is 55.0. The molecular formula is C19H35N7O5S. The third-order valence-corrected chi connectivity index (χ3v) is 5.56. The Bertz CT molecular complexity index is 714. The highest BCUT2D eigenvalue weighted by atomic mass is 32.1. The molecule has 1 aliphatic rings. The van der Waals surface area contributed by atoms with Crippen molar-refractivity contribution in [3.05, 3.63) is 0 Å². The Balaban J connectivity index is 2.96. The monoisotopic (exact) mass is 473 g/mol. The van der Waals surface area contributed by atoms with Gasteiger partial charge in [-0.05, 0) is 31.6 Å². The van der Waals surface area contributed by atoms with Crippen molar-refractivity contribution < 1.29 is 24.3 Å². The zero-order chi connectivity index (χ0) is 24.4. The van der Waals surface area contributed by atoms with Gasteiger partial charge in [0.25, 0.3) is 0 Å². The molecule has 1 saturated heterocycles. The van der Waals surface area contributed by atoms with Gasteiger partial charge in [-0.15, -0.1) is 0 Å². The number of amides is 3. The maximum atomic E-state index is 13.3. The highest BCUT2D eigenvalue weighted by Crippen LogP contribution is 2.20. The molecule has 4 atom stereocenters. The number of aliphatic carboxylic acids is 1. The van der Waals surface area contributed by atoms with Crippen LogP contribution in [0.3, 0.4) is 0 Å². The molecule has 12 nitrogen and oxygen atoms in total. The molecule has 1 fully saturated rings. The van der Waals surface area contributed by atoms with Gasteiger partial charge in [-0.25, -0.2) is 4.79 Å². The molecule has 0 aromatic rings. The minimum atomic E-state index is -1.14. The summed E-state index contributed by atoms with van der Waals surface area (Å²) >= 11 is 4.00. The normalized spacial score (nSPS) is 18.5. The van der Waals surface area contributed by atoms with Crippen molar-refractivity contribution in [2.45, 2.75) is 63.7 Å². The summed E-state index contributed by atoms with van der Waals surface area (Å²) in [7, 11) is 0. The van der Waals surface area contributed by atoms with E-state index in [1.165, 1.54) is 4.90 Å². The standard InChI is InChI=1S/C19H35N7O5S/c1-10(2)14(18(30)31)25-16(28)13-6-4-8-26(13)17(29)12(5-3-7-23-19(21)22)24-15(27)11(20)9-32/h10-14,32H,3-9,20H2,1-2H3,(H,24,27)(H,25,28)(H,30,31)(H4,21,22,23). The summed E-state index contributed by atoms with van der Waals surface area (Å²) in [6.45, 7) is 3.95. The Kier molecular flexibility index (Phi) is 11.3. The number of nitrogens with one attached hydrogen (secondary N) is 2. The summed E-state index contributed by atoms with van der Waals surface area (Å²) in [6, 6.07) is -3.72. The number of guanidine groups is 1. The van der Waals surface area contributed by atoms with Gasteiger partial charge in [0.05, 0.1) is 6.04 Å². The zero-order valence-corrected chi connectivity index (χ0v) is 19.4. The lowest BCUT2D eigenvalue weighted by molar-refractivity contribution is -0.145. The molecule has 9 N–H and O–H groups in total. The topological polar surface area (TPSA) is 206 Å². The molecule has 4 unspecified atom stereocenters. The second-order valence-electron chi connectivity index (χ2n) is 8.06. The molecule has 0 bridgehead atoms. The Morgan fingerprint density at radius 1 is 1.22 bits per heavy atom. The third-order valence-electron chi connectivity index (χ3n) is 5.16. The quantitative estimate of drug-likeness (QED) is 0.0728. The van der Waals surface area contributed by atoms with Crippen LogP contribution < -0.4 is 27.8 Å². The van der Waals surface area contributed by atoms with Crippen LogP contribution in [0.4, 0.5) is 0 Å². The van der Waals surface area contributed by atoms with Gasteiger partial charge in [-0.2, -0.15) is 12.6 Å². The lowest BCUT2D eigenvalue weighted by Gasteiger charge is -2.30. The number of hydrogen-bond donors (Lipinski definition) is 7. The van der Waals surface area contributed by atoms with Crippen LogP contribution >= 0.6 is 12.6 Å². The summed E-state index contributed by atoms with van der Waals surface area (Å²) in [6.07, 6.45) is 1.61. The largest absolute Gasteiger partial charge is 0.480 e. The first-order valence-electron chi connectivity index (χ1n) is 10.5. The summed E-state index contributed by atoms with van der Waals surface area (Å²) in [5, 5.41) is 14.5. The fourth-order valence-corrected chi connectivity index (χ4v) is 3.55. The number of thiol groups is 1. The van der Waals surface area contributed by atoms with Crippen molar-refractivity contribution in [3.8, 4) is 0 Å². The Labute approximate surface area is 193 Å². The number of rotatable bonds is 12. The van der Waals surface area contributed by atoms with Crippen LogP contribution in [0.2, 0.25) is 0 Å². The van der Waals surface area contributed by atoms with E-state index in [2.05, 4.69) is 28.3 Å². The maximum Gasteiger partial charge on any atom is 0.326 e. The highest BCUT2D eigenvalue weighted by Gasteiger charge is 2.39. The molecule has 0 aromatic heterocycles. The Hall–Kier alpha value is -2.54. The van der Waals surface area contributed by atoms with Crippen LogP contribution in [-0.2, 0) is 19.2 Å². The molecule has 3 amide bonds. The van der Waals surface area contributed by atoms with Gasteiger partial charge in [-0.3, -0.25) is 19.4 Å². The minimum Gasteiger partial charge on any atom is -0.480 e. The number of carboxylic acid groups (broad SMARTS) is 1. The number of carbonyl (C=O) groups excluding carboxylic acids is 3. The lowest BCUT2D eigenvalue weighted by Crippen LogP contribution is -2.57. The van der Waals surface area contributed by atoms with E-state index < -0.39 is 47.9 Å². The second-order valence-corrected chi connectivity index (χ2v) is 8.42. The third kappa shape index (κ3) is 8.19. The van der Waals surface area contributed by atoms with E-state index in [-0.39, 0.29) is 30.6 Å². The average molecular weight is 474 g/mol. The molecule has 0 spiro atoms. The van der Waals surface area contributed by atoms with Gasteiger partial charge in [0.15, 0.2) is 5.96 Å². The number of aliphatic imine (C=N–C) groups is 1. The van der Waals surface area contributed by atoms with Crippen LogP contribution in [0.5, 0.6) is 0 Å². The molecule has 0 aromatic carbocycles. The van der Waals surface area contributed by atoms with Gasteiger partial charge < -0.3 is 37.8 Å². The molecule has 0 aliphatic carbocycles. The fraction of sp³-hybridized carbons (Fsp3) is 0.737. The highest BCUT2D eigenvalue weighted by molar-refractivity contribution is 7.80. The van der Waals surface area contributed by atoms with E-state index in [0.29, 0.717) is 25.8 Å². The van der Waals surface area contributed by atoms with Gasteiger partial charge in [0.2, 0.25) is 17.7 Å². The van der Waals surface area contributed by atoms with Crippen molar-refractivity contribution in [2.24, 2.45) is 28.1 Å². The summed E-state index contributed by atoms with van der Waals surface area (Å²) in [5.74, 6) is -2.96. The van der Waals surface area contributed by atoms with Crippen molar-refractivity contribution in [2.75, 3.05) is 18.8 Å². The second kappa shape index (κ2) is 13.1. The van der Waals surface area contributed by atoms with E-state index in [1.54, 1.807) is 13.8 Å². The molecule has 1 rings (SSSR count). The van der Waals surface area contributed by atoms with Crippen molar-refractivity contribution in [1.82, 2.24) is 15.5 Å². The molecule has 13 heteroatoms. The van der Waals surface area contributed by atoms with Crippen LogP contribution in [-0.4, -0.2) is 82.7 Å². The van der Waals surface area contributed by atoms with E-state index in [4.69, 9.17) is 17.2 Å². The van der Waals surface area contributed by atoms with Crippen molar-refractivity contribution in [1.29, 1.82) is 0 Å². The molecule has 182 valence electrons. The van der Waals surface area contributed by atoms with E-state index in [1.807, 2.05) is 0 Å². The molecular weight excluding hydrogens is 438 g/mol. The van der Waals surface area contributed by atoms with E-state index in [9.17, 15) is 24.3 Å². The first-order valence-corrected chi connectivity index (χ1v) is 11.2. The van der Waals surface area contributed by atoms with Gasteiger partial charge in [0.1, 0.15) is 18.1 Å². The number of hydrogen-bond acceptors (Lipinski definition) is 7. The van der Waals surface area contributed by atoms with Crippen molar-refractivity contribution >= 4 is 42.3 Å². The predicted molar refractivity (Wildman–Crippen MR) is 123 cm³/mol. The number of carbonyl (C=O) groups is 4. The first kappa shape index (κ1) is 27.5. The first-order chi connectivity index (χ1) is 15.0. The van der Waals surface area contributed by atoms with Gasteiger partial charge in [-0.1, -0.05) is 13.8 Å². The van der Waals surface area contributed by atoms with Crippen LogP contribution in [0.25, 0.3) is 0 Å². The predicted octanol–water partition coefficient (Wildman–Crippen LogP) is -2.00. The average Bonchev–Trinajstić information content (AvgIpc) is 3.21. The number of nitrogens with zero attached hydrogens (tertiary/aromatic N) is 2. The molecule has 1 aliphatic heterocycles. The number of carboxylic acids is 1. The number of nitrogens with two attached hydrogens (primary N) is 3. The summed E-state index contributed by atoms with van der Waals surface area (Å²) < 4.78 is 0. The lowest BCUT2D eigenvalue weighted by atomic mass is 10.0. The molecule has 0 radical (unpaired) electrons. The Morgan fingerprint density at radius 2 is 1.88 bits per heavy atom. The van der Waals surface area contributed by atoms with Crippen molar-refractivity contribution in [3.63, 3.8) is 0 Å².